The van der Waals surface area contributed by atoms with Crippen LogP contribution in [0.3, 0.4) is 0 Å². The molecule has 0 spiro atoms. The van der Waals surface area contributed by atoms with Gasteiger partial charge >= 0.3 is 0 Å². The number of amides is 1. The zero-order chi connectivity index (χ0) is 12.1. The molecule has 2 rings (SSSR count). The summed E-state index contributed by atoms with van der Waals surface area (Å²) in [5.41, 5.74) is 0. The van der Waals surface area contributed by atoms with E-state index in [1.54, 1.807) is 0 Å². The van der Waals surface area contributed by atoms with E-state index in [-0.39, 0.29) is 5.91 Å². The Morgan fingerprint density at radius 2 is 2.12 bits per heavy atom. The van der Waals surface area contributed by atoms with Gasteiger partial charge in [-0.25, -0.2) is 0 Å². The summed E-state index contributed by atoms with van der Waals surface area (Å²) >= 11 is 0. The molecular formula is C14H26N2O. The minimum atomic E-state index is 0.260. The average molecular weight is 238 g/mol. The summed E-state index contributed by atoms with van der Waals surface area (Å²) in [4.78, 5) is 11.8. The Balaban J connectivity index is 1.62. The quantitative estimate of drug-likeness (QED) is 0.770. The molecule has 2 aliphatic rings. The lowest BCUT2D eigenvalue weighted by Crippen LogP contribution is -2.37. The lowest BCUT2D eigenvalue weighted by Gasteiger charge is -2.20. The van der Waals surface area contributed by atoms with Crippen LogP contribution >= 0.6 is 0 Å². The van der Waals surface area contributed by atoms with Crippen LogP contribution < -0.4 is 10.6 Å². The molecule has 2 fully saturated rings. The van der Waals surface area contributed by atoms with Gasteiger partial charge in [-0.15, -0.1) is 0 Å². The maximum absolute atomic E-state index is 11.8. The van der Waals surface area contributed by atoms with Crippen molar-refractivity contribution < 1.29 is 4.79 Å². The van der Waals surface area contributed by atoms with Crippen LogP contribution in [0.15, 0.2) is 0 Å². The molecule has 0 bridgehead atoms. The van der Waals surface area contributed by atoms with E-state index in [1.807, 2.05) is 0 Å². The standard InChI is InChI=1S/C14H26N2O/c1-11(13-4-2-3-5-13)16-14(17)7-6-12-8-9-15-10-12/h11-13,15H,2-10H2,1H3,(H,16,17). The molecule has 0 aromatic rings. The van der Waals surface area contributed by atoms with Gasteiger partial charge in [0.25, 0.3) is 0 Å². The summed E-state index contributed by atoms with van der Waals surface area (Å²) in [6.45, 7) is 4.40. The summed E-state index contributed by atoms with van der Waals surface area (Å²) in [5, 5.41) is 6.54. The SMILES string of the molecule is CC(NC(=O)CCC1CCNC1)C1CCCC1. The summed E-state index contributed by atoms with van der Waals surface area (Å²) in [6, 6.07) is 0.381. The van der Waals surface area contributed by atoms with Crippen molar-refractivity contribution in [3.63, 3.8) is 0 Å². The van der Waals surface area contributed by atoms with Gasteiger partial charge in [-0.3, -0.25) is 4.79 Å². The molecule has 2 unspecified atom stereocenters. The van der Waals surface area contributed by atoms with Crippen LogP contribution in [0, 0.1) is 11.8 Å². The van der Waals surface area contributed by atoms with E-state index in [1.165, 1.54) is 32.1 Å². The monoisotopic (exact) mass is 238 g/mol. The molecule has 0 radical (unpaired) electrons. The van der Waals surface area contributed by atoms with Gasteiger partial charge in [0.1, 0.15) is 0 Å². The van der Waals surface area contributed by atoms with E-state index in [2.05, 4.69) is 17.6 Å². The van der Waals surface area contributed by atoms with Gasteiger partial charge < -0.3 is 10.6 Å². The van der Waals surface area contributed by atoms with Crippen molar-refractivity contribution in [2.75, 3.05) is 13.1 Å². The van der Waals surface area contributed by atoms with Gasteiger partial charge in [-0.05, 0) is 57.5 Å². The summed E-state index contributed by atoms with van der Waals surface area (Å²) < 4.78 is 0. The maximum Gasteiger partial charge on any atom is 0.220 e. The minimum Gasteiger partial charge on any atom is -0.353 e. The molecule has 98 valence electrons. The predicted octanol–water partition coefficient (Wildman–Crippen LogP) is 2.07. The Bertz CT molecular complexity index is 243. The predicted molar refractivity (Wildman–Crippen MR) is 69.8 cm³/mol. The van der Waals surface area contributed by atoms with Gasteiger partial charge in [0.05, 0.1) is 0 Å². The topological polar surface area (TPSA) is 41.1 Å². The van der Waals surface area contributed by atoms with Crippen molar-refractivity contribution in [1.82, 2.24) is 10.6 Å². The molecule has 1 aliphatic heterocycles. The number of hydrogen-bond acceptors (Lipinski definition) is 2. The highest BCUT2D eigenvalue weighted by atomic mass is 16.1. The second-order valence-electron chi connectivity index (χ2n) is 5.80. The van der Waals surface area contributed by atoms with Gasteiger partial charge in [-0.1, -0.05) is 12.8 Å². The molecule has 1 amide bonds. The summed E-state index contributed by atoms with van der Waals surface area (Å²) in [5.74, 6) is 1.71. The van der Waals surface area contributed by atoms with Crippen molar-refractivity contribution >= 4 is 5.91 Å². The van der Waals surface area contributed by atoms with Crippen molar-refractivity contribution in [3.8, 4) is 0 Å². The maximum atomic E-state index is 11.8. The second-order valence-corrected chi connectivity index (χ2v) is 5.80. The second kappa shape index (κ2) is 6.39. The smallest absolute Gasteiger partial charge is 0.220 e. The fourth-order valence-corrected chi connectivity index (χ4v) is 3.20. The fourth-order valence-electron chi connectivity index (χ4n) is 3.20. The summed E-state index contributed by atoms with van der Waals surface area (Å²) in [6.07, 6.45) is 8.30. The van der Waals surface area contributed by atoms with Crippen LogP contribution in [0.4, 0.5) is 0 Å². The van der Waals surface area contributed by atoms with Crippen LogP contribution in [-0.2, 0) is 4.79 Å². The zero-order valence-electron chi connectivity index (χ0n) is 11.0. The zero-order valence-corrected chi connectivity index (χ0v) is 11.0. The number of rotatable bonds is 5. The Morgan fingerprint density at radius 1 is 1.35 bits per heavy atom. The van der Waals surface area contributed by atoms with Crippen molar-refractivity contribution in [3.05, 3.63) is 0 Å². The third-order valence-electron chi connectivity index (χ3n) is 4.44. The van der Waals surface area contributed by atoms with E-state index in [0.717, 1.165) is 31.3 Å². The molecule has 1 heterocycles. The molecule has 0 aromatic heterocycles. The normalized spacial score (nSPS) is 27.2. The molecule has 2 N–H and O–H groups in total. The van der Waals surface area contributed by atoms with E-state index < -0.39 is 0 Å². The van der Waals surface area contributed by atoms with Crippen LogP contribution in [0.1, 0.15) is 51.9 Å². The highest BCUT2D eigenvalue weighted by Crippen LogP contribution is 2.27. The van der Waals surface area contributed by atoms with Gasteiger partial charge in [0, 0.05) is 12.5 Å². The van der Waals surface area contributed by atoms with E-state index in [4.69, 9.17) is 0 Å². The lowest BCUT2D eigenvalue weighted by atomic mass is 9.98. The fraction of sp³-hybridized carbons (Fsp3) is 0.929. The van der Waals surface area contributed by atoms with Gasteiger partial charge in [0.15, 0.2) is 0 Å². The first kappa shape index (κ1) is 12.9. The first-order valence-electron chi connectivity index (χ1n) is 7.26. The molecule has 1 aliphatic carbocycles. The molecule has 0 aromatic carbocycles. The van der Waals surface area contributed by atoms with Crippen LogP contribution in [0.2, 0.25) is 0 Å². The third-order valence-corrected chi connectivity index (χ3v) is 4.44. The lowest BCUT2D eigenvalue weighted by molar-refractivity contribution is -0.122. The largest absolute Gasteiger partial charge is 0.353 e. The van der Waals surface area contributed by atoms with E-state index in [9.17, 15) is 4.79 Å². The molecule has 1 saturated carbocycles. The molecule has 2 atom stereocenters. The first-order valence-corrected chi connectivity index (χ1v) is 7.26. The van der Waals surface area contributed by atoms with Gasteiger partial charge in [-0.2, -0.15) is 0 Å². The Hall–Kier alpha value is -0.570. The van der Waals surface area contributed by atoms with Crippen LogP contribution in [-0.4, -0.2) is 25.0 Å². The van der Waals surface area contributed by atoms with Crippen molar-refractivity contribution in [2.45, 2.75) is 57.9 Å². The number of carbonyl (C=O) groups is 1. The van der Waals surface area contributed by atoms with Crippen LogP contribution in [0.25, 0.3) is 0 Å². The molecule has 1 saturated heterocycles. The number of hydrogen-bond donors (Lipinski definition) is 2. The number of carbonyl (C=O) groups excluding carboxylic acids is 1. The Labute approximate surface area is 105 Å². The van der Waals surface area contributed by atoms with E-state index in [0.29, 0.717) is 12.5 Å². The minimum absolute atomic E-state index is 0.260. The van der Waals surface area contributed by atoms with Gasteiger partial charge in [0.2, 0.25) is 5.91 Å². The highest BCUT2D eigenvalue weighted by molar-refractivity contribution is 5.76. The third kappa shape index (κ3) is 3.98. The van der Waals surface area contributed by atoms with Crippen molar-refractivity contribution in [1.29, 1.82) is 0 Å². The Kier molecular flexibility index (Phi) is 4.84. The van der Waals surface area contributed by atoms with Crippen molar-refractivity contribution in [2.24, 2.45) is 11.8 Å². The van der Waals surface area contributed by atoms with E-state index >= 15 is 0 Å². The molecule has 3 heteroatoms. The number of nitrogens with one attached hydrogen (secondary N) is 2. The molecule has 17 heavy (non-hydrogen) atoms. The average Bonchev–Trinajstić information content (AvgIpc) is 2.99. The van der Waals surface area contributed by atoms with Crippen LogP contribution in [0.5, 0.6) is 0 Å². The highest BCUT2D eigenvalue weighted by Gasteiger charge is 2.23. The Morgan fingerprint density at radius 3 is 2.76 bits per heavy atom. The molecular weight excluding hydrogens is 212 g/mol. The molecule has 3 nitrogen and oxygen atoms in total. The summed E-state index contributed by atoms with van der Waals surface area (Å²) in [7, 11) is 0. The first-order chi connectivity index (χ1) is 8.25.